The average molecular weight is 620 g/mol. The summed E-state index contributed by atoms with van der Waals surface area (Å²) in [6.45, 7) is 2.07. The number of amides is 2. The van der Waals surface area contributed by atoms with Gasteiger partial charge in [-0.15, -0.1) is 0 Å². The number of nitrogens with zero attached hydrogens (tertiary/aromatic N) is 1. The second kappa shape index (κ2) is 9.61. The van der Waals surface area contributed by atoms with Crippen LogP contribution in [-0.4, -0.2) is 61.5 Å². The lowest BCUT2D eigenvalue weighted by atomic mass is 10.0. The summed E-state index contributed by atoms with van der Waals surface area (Å²) in [5, 5.41) is 2.15. The molecule has 1 aromatic carbocycles. The van der Waals surface area contributed by atoms with Crippen molar-refractivity contribution in [3.05, 3.63) is 21.3 Å². The molecule has 1 rings (SSSR count). The highest BCUT2D eigenvalue weighted by atomic mass is 127. The number of rotatable bonds is 6. The Balaban J connectivity index is 3.80. The molecule has 0 unspecified atom stereocenters. The zero-order valence-corrected chi connectivity index (χ0v) is 19.7. The van der Waals surface area contributed by atoms with E-state index in [1.54, 1.807) is 0 Å². The van der Waals surface area contributed by atoms with Gasteiger partial charge in [-0.3, -0.25) is 14.1 Å². The van der Waals surface area contributed by atoms with E-state index in [2.05, 4.69) is 10.1 Å². The van der Waals surface area contributed by atoms with Crippen LogP contribution in [0.3, 0.4) is 0 Å². The Morgan fingerprint density at radius 2 is 1.58 bits per heavy atom. The van der Waals surface area contributed by atoms with Crippen molar-refractivity contribution in [1.82, 2.24) is 0 Å². The van der Waals surface area contributed by atoms with Gasteiger partial charge in [-0.2, -0.15) is 34.8 Å². The molecule has 2 amide bonds. The van der Waals surface area contributed by atoms with Crippen LogP contribution >= 0.6 is 22.6 Å². The first-order valence-electron chi connectivity index (χ1n) is 8.30. The van der Waals surface area contributed by atoms with Crippen LogP contribution in [0, 0.1) is 3.57 Å². The third-order valence-electron chi connectivity index (χ3n) is 4.00. The number of hydrogen-bond donors (Lipinski definition) is 2. The molecule has 0 saturated carbocycles. The smallest absolute Gasteiger partial charge is 0.435 e. The molecule has 0 heterocycles. The van der Waals surface area contributed by atoms with Gasteiger partial charge < -0.3 is 15.0 Å². The Morgan fingerprint density at radius 3 is 1.94 bits per heavy atom. The van der Waals surface area contributed by atoms with Crippen LogP contribution in [0.2, 0.25) is 0 Å². The van der Waals surface area contributed by atoms with Gasteiger partial charge in [-0.05, 0) is 34.7 Å². The Labute approximate surface area is 196 Å². The molecule has 1 aromatic rings. The van der Waals surface area contributed by atoms with Gasteiger partial charge in [0.15, 0.2) is 0 Å². The molecule has 0 radical (unpaired) electrons. The number of carbonyl (C=O) groups is 3. The third kappa shape index (κ3) is 6.69. The van der Waals surface area contributed by atoms with Crippen molar-refractivity contribution in [3.63, 3.8) is 0 Å². The fraction of sp³-hybridized carbons (Fsp3) is 0.438. The molecule has 0 spiro atoms. The van der Waals surface area contributed by atoms with Crippen molar-refractivity contribution in [3.8, 4) is 0 Å². The molecule has 0 aliphatic heterocycles. The summed E-state index contributed by atoms with van der Waals surface area (Å²) < 4.78 is 115. The van der Waals surface area contributed by atoms with E-state index in [-0.39, 0.29) is 14.9 Å². The molecule has 0 atom stereocenters. The maximum Gasteiger partial charge on any atom is 0.438 e. The lowest BCUT2D eigenvalue weighted by Gasteiger charge is -2.35. The summed E-state index contributed by atoms with van der Waals surface area (Å²) in [6, 6.07) is 1.79. The van der Waals surface area contributed by atoms with Crippen molar-refractivity contribution < 1.29 is 58.4 Å². The first kappa shape index (κ1) is 28.9. The summed E-state index contributed by atoms with van der Waals surface area (Å²) in [5.74, 6) is -6.74. The van der Waals surface area contributed by atoms with Crippen molar-refractivity contribution in [2.45, 2.75) is 31.8 Å². The number of halogens is 7. The maximum absolute atomic E-state index is 13.5. The third-order valence-corrected chi connectivity index (χ3v) is 5.90. The second-order valence-corrected chi connectivity index (χ2v) is 9.09. The number of nitrogens with one attached hydrogen (secondary N) is 1. The van der Waals surface area contributed by atoms with Gasteiger partial charge in [0.05, 0.1) is 14.8 Å². The molecule has 0 fully saturated rings. The largest absolute Gasteiger partial charge is 0.438 e. The van der Waals surface area contributed by atoms with Gasteiger partial charge >= 0.3 is 23.9 Å². The minimum absolute atomic E-state index is 0.194. The summed E-state index contributed by atoms with van der Waals surface area (Å²) in [7, 11) is -4.80. The molecular formula is C16H15F6IN2O7S. The molecule has 2 N–H and O–H groups in total. The summed E-state index contributed by atoms with van der Waals surface area (Å²) >= 11 is 1.34. The van der Waals surface area contributed by atoms with Crippen LogP contribution in [-0.2, 0) is 24.4 Å². The minimum atomic E-state index is -6.52. The molecule has 0 aromatic heterocycles. The fourth-order valence-electron chi connectivity index (χ4n) is 2.39. The van der Waals surface area contributed by atoms with Crippen LogP contribution in [0.15, 0.2) is 12.1 Å². The van der Waals surface area contributed by atoms with E-state index in [1.165, 1.54) is 29.6 Å². The van der Waals surface area contributed by atoms with E-state index in [0.29, 0.717) is 6.07 Å². The Bertz CT molecular complexity index is 1060. The number of alkyl halides is 6. The number of ether oxygens (including phenoxy) is 1. The normalized spacial score (nSPS) is 12.8. The van der Waals surface area contributed by atoms with E-state index < -0.39 is 57.2 Å². The molecule has 9 nitrogen and oxygen atoms in total. The Kier molecular flexibility index (Phi) is 8.41. The summed E-state index contributed by atoms with van der Waals surface area (Å²) in [5.41, 5.74) is -7.07. The van der Waals surface area contributed by atoms with Gasteiger partial charge in [-0.25, -0.2) is 4.79 Å². The first-order valence-corrected chi connectivity index (χ1v) is 11.0. The number of hydrogen-bond acceptors (Lipinski definition) is 6. The molecule has 0 bridgehead atoms. The Hall–Kier alpha value is -2.15. The Morgan fingerprint density at radius 1 is 1.09 bits per heavy atom. The lowest BCUT2D eigenvalue weighted by Crippen LogP contribution is -2.63. The number of benzene rings is 1. The second-order valence-electron chi connectivity index (χ2n) is 6.55. The fourth-order valence-corrected chi connectivity index (χ4v) is 4.18. The van der Waals surface area contributed by atoms with Crippen LogP contribution < -0.4 is 10.2 Å². The van der Waals surface area contributed by atoms with Crippen molar-refractivity contribution in [1.29, 1.82) is 0 Å². The zero-order valence-electron chi connectivity index (χ0n) is 16.8. The minimum Gasteiger partial charge on any atom is -0.435 e. The van der Waals surface area contributed by atoms with Gasteiger partial charge in [0.1, 0.15) is 5.75 Å². The SMILES string of the molecule is CC(=O)Nc1cc(C(=O)OC(CS(=O)(=O)O)(C(F)(F)F)C(F)(F)F)c(I)c(N(C)C(C)=O)c1. The van der Waals surface area contributed by atoms with Gasteiger partial charge in [0.2, 0.25) is 11.8 Å². The van der Waals surface area contributed by atoms with Crippen LogP contribution in [0.5, 0.6) is 0 Å². The highest BCUT2D eigenvalue weighted by Crippen LogP contribution is 2.47. The highest BCUT2D eigenvalue weighted by Gasteiger charge is 2.76. The lowest BCUT2D eigenvalue weighted by molar-refractivity contribution is -0.356. The number of carbonyl (C=O) groups excluding carboxylic acids is 3. The predicted octanol–water partition coefficient (Wildman–Crippen LogP) is 3.14. The summed E-state index contributed by atoms with van der Waals surface area (Å²) in [6.07, 6.45) is -13.0. The van der Waals surface area contributed by atoms with E-state index in [0.717, 1.165) is 24.8 Å². The quantitative estimate of drug-likeness (QED) is 0.217. The molecular weight excluding hydrogens is 605 g/mol. The standard InChI is InChI=1S/C16H15F6IN2O7S/c1-7(26)24-9-4-10(12(23)11(5-9)25(3)8(2)27)13(28)32-14(15(17,18)19,16(20,21)22)6-33(29,30)31/h4-5H,6H2,1-3H3,(H,24,26)(H,29,30,31). The monoisotopic (exact) mass is 620 g/mol. The molecule has 33 heavy (non-hydrogen) atoms. The topological polar surface area (TPSA) is 130 Å². The van der Waals surface area contributed by atoms with E-state index in [9.17, 15) is 49.1 Å². The highest BCUT2D eigenvalue weighted by molar-refractivity contribution is 14.1. The molecule has 0 saturated heterocycles. The average Bonchev–Trinajstić information content (AvgIpc) is 2.58. The molecule has 17 heteroatoms. The van der Waals surface area contributed by atoms with Gasteiger partial charge in [0, 0.05) is 26.6 Å². The number of esters is 1. The van der Waals surface area contributed by atoms with Crippen molar-refractivity contribution in [2.24, 2.45) is 0 Å². The van der Waals surface area contributed by atoms with E-state index in [4.69, 9.17) is 4.55 Å². The van der Waals surface area contributed by atoms with Crippen molar-refractivity contribution >= 4 is 61.9 Å². The molecule has 186 valence electrons. The van der Waals surface area contributed by atoms with Crippen LogP contribution in [0.25, 0.3) is 0 Å². The van der Waals surface area contributed by atoms with E-state index in [1.807, 2.05) is 0 Å². The zero-order chi connectivity index (χ0) is 26.2. The first-order chi connectivity index (χ1) is 14.6. The van der Waals surface area contributed by atoms with Crippen LogP contribution in [0.1, 0.15) is 24.2 Å². The van der Waals surface area contributed by atoms with Crippen LogP contribution in [0.4, 0.5) is 37.7 Å². The predicted molar refractivity (Wildman–Crippen MR) is 109 cm³/mol. The van der Waals surface area contributed by atoms with Crippen molar-refractivity contribution in [2.75, 3.05) is 23.0 Å². The van der Waals surface area contributed by atoms with E-state index >= 15 is 0 Å². The number of anilines is 2. The summed E-state index contributed by atoms with van der Waals surface area (Å²) in [4.78, 5) is 36.4. The molecule has 0 aliphatic carbocycles. The molecule has 0 aliphatic rings. The van der Waals surface area contributed by atoms with Gasteiger partial charge in [-0.1, -0.05) is 0 Å². The maximum atomic E-state index is 13.5. The van der Waals surface area contributed by atoms with Gasteiger partial charge in [0.25, 0.3) is 10.1 Å².